The number of rotatable bonds is 6. The number of esters is 1. The van der Waals surface area contributed by atoms with Gasteiger partial charge in [0.1, 0.15) is 6.07 Å². The molecular formula is C22H21N3O3. The summed E-state index contributed by atoms with van der Waals surface area (Å²) in [6.07, 6.45) is -0.0177. The molecule has 6 nitrogen and oxygen atoms in total. The van der Waals surface area contributed by atoms with Crippen LogP contribution in [0.3, 0.4) is 0 Å². The molecule has 2 aromatic carbocycles. The Morgan fingerprint density at radius 3 is 2.46 bits per heavy atom. The molecule has 6 heteroatoms. The predicted molar refractivity (Wildman–Crippen MR) is 106 cm³/mol. The van der Waals surface area contributed by atoms with Crippen molar-refractivity contribution in [2.45, 2.75) is 25.8 Å². The van der Waals surface area contributed by atoms with Crippen molar-refractivity contribution in [3.05, 3.63) is 60.2 Å². The smallest absolute Gasteiger partial charge is 0.347 e. The normalized spacial score (nSPS) is 12.8. The Labute approximate surface area is 163 Å². The Balaban J connectivity index is 2.19. The first-order valence-corrected chi connectivity index (χ1v) is 9.03. The number of aromatic amines is 1. The summed E-state index contributed by atoms with van der Waals surface area (Å²) in [5, 5.41) is 13.3. The number of benzene rings is 2. The minimum atomic E-state index is -1.81. The Bertz CT molecular complexity index is 1050. The van der Waals surface area contributed by atoms with Gasteiger partial charge in [-0.15, -0.1) is 0 Å². The summed E-state index contributed by atoms with van der Waals surface area (Å²) < 4.78 is 5.12. The number of aromatic nitrogens is 1. The number of hydrogen-bond donors (Lipinski definition) is 2. The van der Waals surface area contributed by atoms with Crippen LogP contribution < -0.4 is 5.32 Å². The van der Waals surface area contributed by atoms with Crippen molar-refractivity contribution in [2.24, 2.45) is 0 Å². The average molecular weight is 375 g/mol. The van der Waals surface area contributed by atoms with Gasteiger partial charge < -0.3 is 15.0 Å². The second-order valence-corrected chi connectivity index (χ2v) is 6.49. The third-order valence-corrected chi connectivity index (χ3v) is 4.52. The molecule has 0 saturated heterocycles. The molecule has 0 aliphatic heterocycles. The van der Waals surface area contributed by atoms with Crippen LogP contribution in [0.2, 0.25) is 0 Å². The van der Waals surface area contributed by atoms with Crippen LogP contribution in [0.4, 0.5) is 0 Å². The zero-order valence-corrected chi connectivity index (χ0v) is 15.8. The van der Waals surface area contributed by atoms with Crippen LogP contribution in [0.5, 0.6) is 0 Å². The van der Waals surface area contributed by atoms with E-state index in [9.17, 15) is 14.9 Å². The molecule has 0 fully saturated rings. The van der Waals surface area contributed by atoms with Crippen LogP contribution in [0, 0.1) is 11.3 Å². The maximum absolute atomic E-state index is 12.7. The van der Waals surface area contributed by atoms with Crippen LogP contribution in [0.15, 0.2) is 54.6 Å². The summed E-state index contributed by atoms with van der Waals surface area (Å²) in [6, 6.07) is 19.3. The van der Waals surface area contributed by atoms with Gasteiger partial charge in [-0.1, -0.05) is 48.5 Å². The lowest BCUT2D eigenvalue weighted by atomic mass is 9.89. The van der Waals surface area contributed by atoms with Gasteiger partial charge in [0, 0.05) is 29.9 Å². The van der Waals surface area contributed by atoms with Gasteiger partial charge in [-0.2, -0.15) is 5.26 Å². The molecule has 3 rings (SSSR count). The molecule has 0 saturated carbocycles. The summed E-state index contributed by atoms with van der Waals surface area (Å²) in [5.41, 5.74) is 1.57. The van der Waals surface area contributed by atoms with E-state index in [-0.39, 0.29) is 13.0 Å². The highest BCUT2D eigenvalue weighted by atomic mass is 16.5. The number of carbonyl (C=O) groups is 2. The number of H-pyrrole nitrogens is 1. The van der Waals surface area contributed by atoms with Gasteiger partial charge in [0.2, 0.25) is 11.4 Å². The van der Waals surface area contributed by atoms with Crippen LogP contribution in [0.25, 0.3) is 22.2 Å². The number of carbonyl (C=O) groups excluding carboxylic acids is 2. The molecule has 0 spiro atoms. The number of nitrogens with one attached hydrogen (secondary N) is 2. The number of para-hydroxylation sites is 1. The van der Waals surface area contributed by atoms with E-state index in [1.54, 1.807) is 6.92 Å². The quantitative estimate of drug-likeness (QED) is 0.646. The van der Waals surface area contributed by atoms with E-state index >= 15 is 0 Å². The first kappa shape index (κ1) is 19.2. The molecule has 0 aliphatic rings. The third kappa shape index (κ3) is 3.60. The average Bonchev–Trinajstić information content (AvgIpc) is 3.06. The van der Waals surface area contributed by atoms with Gasteiger partial charge in [0.05, 0.1) is 6.61 Å². The lowest BCUT2D eigenvalue weighted by molar-refractivity contribution is -0.150. The van der Waals surface area contributed by atoms with Crippen molar-refractivity contribution in [3.63, 3.8) is 0 Å². The maximum Gasteiger partial charge on any atom is 0.347 e. The Morgan fingerprint density at radius 1 is 1.14 bits per heavy atom. The fourth-order valence-corrected chi connectivity index (χ4v) is 3.34. The largest absolute Gasteiger partial charge is 0.463 e. The molecule has 28 heavy (non-hydrogen) atoms. The van der Waals surface area contributed by atoms with Gasteiger partial charge in [-0.25, -0.2) is 4.79 Å². The van der Waals surface area contributed by atoms with Gasteiger partial charge in [0.15, 0.2) is 0 Å². The summed E-state index contributed by atoms with van der Waals surface area (Å²) in [4.78, 5) is 27.8. The number of fused-ring (bicyclic) bond motifs is 1. The van der Waals surface area contributed by atoms with E-state index in [2.05, 4.69) is 10.3 Å². The highest BCUT2D eigenvalue weighted by Gasteiger charge is 2.43. The zero-order valence-electron chi connectivity index (χ0n) is 15.8. The maximum atomic E-state index is 12.7. The lowest BCUT2D eigenvalue weighted by Gasteiger charge is -2.25. The van der Waals surface area contributed by atoms with Crippen LogP contribution in [-0.2, 0) is 20.7 Å². The molecule has 3 aromatic rings. The molecule has 142 valence electrons. The molecule has 2 N–H and O–H groups in total. The molecule has 0 aliphatic carbocycles. The number of amides is 1. The minimum absolute atomic E-state index is 0.0177. The van der Waals surface area contributed by atoms with E-state index in [1.165, 1.54) is 6.92 Å². The molecule has 0 radical (unpaired) electrons. The number of ether oxygens (including phenoxy) is 1. The third-order valence-electron chi connectivity index (χ3n) is 4.52. The van der Waals surface area contributed by atoms with E-state index < -0.39 is 17.4 Å². The molecule has 1 atom stereocenters. The second kappa shape index (κ2) is 7.97. The van der Waals surface area contributed by atoms with Crippen molar-refractivity contribution in [1.29, 1.82) is 5.26 Å². The Hall–Kier alpha value is -3.59. The summed E-state index contributed by atoms with van der Waals surface area (Å²) in [5.74, 6) is -1.24. The van der Waals surface area contributed by atoms with Gasteiger partial charge >= 0.3 is 5.97 Å². The van der Waals surface area contributed by atoms with Crippen molar-refractivity contribution in [2.75, 3.05) is 6.61 Å². The highest BCUT2D eigenvalue weighted by Crippen LogP contribution is 2.33. The van der Waals surface area contributed by atoms with Crippen molar-refractivity contribution in [3.8, 4) is 17.3 Å². The molecular weight excluding hydrogens is 354 g/mol. The van der Waals surface area contributed by atoms with Crippen molar-refractivity contribution < 1.29 is 14.3 Å². The fourth-order valence-electron chi connectivity index (χ4n) is 3.34. The van der Waals surface area contributed by atoms with Gasteiger partial charge in [0.25, 0.3) is 0 Å². The monoisotopic (exact) mass is 375 g/mol. The first-order chi connectivity index (χ1) is 13.5. The molecule has 1 aromatic heterocycles. The van der Waals surface area contributed by atoms with E-state index in [4.69, 9.17) is 4.74 Å². The zero-order chi connectivity index (χ0) is 20.1. The molecule has 1 heterocycles. The van der Waals surface area contributed by atoms with Crippen LogP contribution >= 0.6 is 0 Å². The van der Waals surface area contributed by atoms with Crippen LogP contribution in [0.1, 0.15) is 19.4 Å². The van der Waals surface area contributed by atoms with Crippen molar-refractivity contribution >= 4 is 22.8 Å². The Kier molecular flexibility index (Phi) is 5.46. The summed E-state index contributed by atoms with van der Waals surface area (Å²) >= 11 is 0. The standard InChI is InChI=1S/C22H21N3O3/c1-3-28-21(27)22(14-23,25-15(2)26)13-18-17-11-7-8-12-19(17)24-20(18)16-9-5-4-6-10-16/h4-12,24H,3,13H2,1-2H3,(H,25,26)/t22-/m0/s1. The van der Waals surface area contributed by atoms with E-state index in [0.29, 0.717) is 0 Å². The summed E-state index contributed by atoms with van der Waals surface area (Å²) in [6.45, 7) is 3.05. The van der Waals surface area contributed by atoms with Crippen LogP contribution in [-0.4, -0.2) is 29.0 Å². The lowest BCUT2D eigenvalue weighted by Crippen LogP contribution is -2.55. The van der Waals surface area contributed by atoms with Crippen molar-refractivity contribution in [1.82, 2.24) is 10.3 Å². The van der Waals surface area contributed by atoms with Gasteiger partial charge in [-0.05, 0) is 24.1 Å². The fraction of sp³-hybridized carbons (Fsp3) is 0.227. The van der Waals surface area contributed by atoms with E-state index in [1.807, 2.05) is 60.7 Å². The molecule has 0 unspecified atom stereocenters. The topological polar surface area (TPSA) is 95.0 Å². The minimum Gasteiger partial charge on any atom is -0.463 e. The highest BCUT2D eigenvalue weighted by molar-refractivity contribution is 5.95. The Morgan fingerprint density at radius 2 is 1.82 bits per heavy atom. The summed E-state index contributed by atoms with van der Waals surface area (Å²) in [7, 11) is 0. The molecule has 0 bridgehead atoms. The number of hydrogen-bond acceptors (Lipinski definition) is 4. The number of nitrogens with zero attached hydrogens (tertiary/aromatic N) is 1. The second-order valence-electron chi connectivity index (χ2n) is 6.49. The van der Waals surface area contributed by atoms with E-state index in [0.717, 1.165) is 27.7 Å². The first-order valence-electron chi connectivity index (χ1n) is 9.03. The van der Waals surface area contributed by atoms with Gasteiger partial charge in [-0.3, -0.25) is 4.79 Å². The predicted octanol–water partition coefficient (Wildman–Crippen LogP) is 3.34. The molecule has 1 amide bonds. The SMILES string of the molecule is CCOC(=O)[C@@](C#N)(Cc1c(-c2ccccc2)[nH]c2ccccc12)NC(C)=O. The number of nitriles is 1.